The smallest absolute Gasteiger partial charge is 0.142 e. The standard InChI is InChI=1S/C16H15F2NOS/c1-19-16-12-5-3-2-4-10(12)8-15(16)21(20)14-7-6-11(17)9-13(14)18/h2-7,9,15-16,19H,8H2,1H3. The third kappa shape index (κ3) is 2.51. The highest BCUT2D eigenvalue weighted by atomic mass is 32.2. The van der Waals surface area contributed by atoms with E-state index >= 15 is 0 Å². The molecule has 3 unspecified atom stereocenters. The Kier molecular flexibility index (Phi) is 3.87. The molecule has 0 aromatic heterocycles. The Morgan fingerprint density at radius 1 is 1.19 bits per heavy atom. The summed E-state index contributed by atoms with van der Waals surface area (Å²) in [5.41, 5.74) is 2.22. The van der Waals surface area contributed by atoms with Crippen LogP contribution in [-0.2, 0) is 17.2 Å². The molecular weight excluding hydrogens is 292 g/mol. The van der Waals surface area contributed by atoms with Crippen molar-refractivity contribution in [1.82, 2.24) is 5.32 Å². The lowest BCUT2D eigenvalue weighted by Gasteiger charge is -2.19. The summed E-state index contributed by atoms with van der Waals surface area (Å²) in [4.78, 5) is 0.0643. The molecule has 1 aliphatic rings. The molecule has 0 heterocycles. The summed E-state index contributed by atoms with van der Waals surface area (Å²) in [6.07, 6.45) is 0.616. The quantitative estimate of drug-likeness (QED) is 0.944. The van der Waals surface area contributed by atoms with Crippen LogP contribution in [0.5, 0.6) is 0 Å². The maximum atomic E-state index is 13.9. The average Bonchev–Trinajstić information content (AvgIpc) is 2.85. The first-order valence-electron chi connectivity index (χ1n) is 6.72. The SMILES string of the molecule is CNC1c2ccccc2CC1S(=O)c1ccc(F)cc1F. The first kappa shape index (κ1) is 14.4. The number of hydrogen-bond acceptors (Lipinski definition) is 2. The van der Waals surface area contributed by atoms with E-state index in [4.69, 9.17) is 0 Å². The van der Waals surface area contributed by atoms with Crippen molar-refractivity contribution in [2.24, 2.45) is 0 Å². The average molecular weight is 307 g/mol. The van der Waals surface area contributed by atoms with Crippen LogP contribution in [0.15, 0.2) is 47.4 Å². The fourth-order valence-electron chi connectivity index (χ4n) is 2.90. The van der Waals surface area contributed by atoms with Gasteiger partial charge in [0.1, 0.15) is 11.6 Å². The minimum Gasteiger partial charge on any atom is -0.312 e. The third-order valence-electron chi connectivity index (χ3n) is 3.88. The summed E-state index contributed by atoms with van der Waals surface area (Å²) in [7, 11) is 0.265. The summed E-state index contributed by atoms with van der Waals surface area (Å²) in [6, 6.07) is 11.0. The van der Waals surface area contributed by atoms with Gasteiger partial charge in [0.05, 0.1) is 20.9 Å². The molecule has 0 bridgehead atoms. The highest BCUT2D eigenvalue weighted by Gasteiger charge is 2.36. The molecule has 3 rings (SSSR count). The molecule has 1 N–H and O–H groups in total. The monoisotopic (exact) mass is 307 g/mol. The number of hydrogen-bond donors (Lipinski definition) is 1. The van der Waals surface area contributed by atoms with Gasteiger partial charge in [0.2, 0.25) is 0 Å². The molecule has 0 aliphatic heterocycles. The zero-order valence-electron chi connectivity index (χ0n) is 11.5. The number of nitrogens with one attached hydrogen (secondary N) is 1. The van der Waals surface area contributed by atoms with Crippen molar-refractivity contribution in [1.29, 1.82) is 0 Å². The molecule has 1 aliphatic carbocycles. The van der Waals surface area contributed by atoms with Gasteiger partial charge in [-0.3, -0.25) is 4.21 Å². The number of benzene rings is 2. The highest BCUT2D eigenvalue weighted by molar-refractivity contribution is 7.85. The first-order valence-corrected chi connectivity index (χ1v) is 7.94. The van der Waals surface area contributed by atoms with Crippen molar-refractivity contribution in [3.05, 3.63) is 65.2 Å². The van der Waals surface area contributed by atoms with Crippen LogP contribution in [0.3, 0.4) is 0 Å². The van der Waals surface area contributed by atoms with Gasteiger partial charge in [0, 0.05) is 12.1 Å². The normalized spacial score (nSPS) is 22.0. The van der Waals surface area contributed by atoms with Crippen LogP contribution in [0.1, 0.15) is 17.2 Å². The Bertz CT molecular complexity index is 704. The predicted octanol–water partition coefficient (Wildman–Crippen LogP) is 2.96. The van der Waals surface area contributed by atoms with E-state index < -0.39 is 22.4 Å². The van der Waals surface area contributed by atoms with Gasteiger partial charge >= 0.3 is 0 Å². The van der Waals surface area contributed by atoms with E-state index in [9.17, 15) is 13.0 Å². The molecule has 2 nitrogen and oxygen atoms in total. The van der Waals surface area contributed by atoms with Crippen molar-refractivity contribution in [3.8, 4) is 0 Å². The lowest BCUT2D eigenvalue weighted by Crippen LogP contribution is -2.30. The van der Waals surface area contributed by atoms with Gasteiger partial charge in [-0.2, -0.15) is 0 Å². The van der Waals surface area contributed by atoms with Crippen molar-refractivity contribution < 1.29 is 13.0 Å². The van der Waals surface area contributed by atoms with Crippen LogP contribution in [0, 0.1) is 11.6 Å². The Morgan fingerprint density at radius 3 is 2.67 bits per heavy atom. The maximum absolute atomic E-state index is 13.9. The van der Waals surface area contributed by atoms with Crippen LogP contribution in [-0.4, -0.2) is 16.5 Å². The Hall–Kier alpha value is -1.59. The molecule has 21 heavy (non-hydrogen) atoms. The molecule has 110 valence electrons. The zero-order valence-corrected chi connectivity index (χ0v) is 12.3. The second-order valence-corrected chi connectivity index (χ2v) is 6.72. The molecule has 2 aromatic carbocycles. The van der Waals surface area contributed by atoms with E-state index in [1.165, 1.54) is 6.07 Å². The lowest BCUT2D eigenvalue weighted by molar-refractivity contribution is 0.553. The predicted molar refractivity (Wildman–Crippen MR) is 78.5 cm³/mol. The van der Waals surface area contributed by atoms with E-state index in [0.717, 1.165) is 23.3 Å². The number of rotatable bonds is 3. The fraction of sp³-hybridized carbons (Fsp3) is 0.250. The largest absolute Gasteiger partial charge is 0.312 e. The zero-order chi connectivity index (χ0) is 15.0. The molecule has 0 saturated carbocycles. The first-order chi connectivity index (χ1) is 10.1. The van der Waals surface area contributed by atoms with E-state index in [1.807, 2.05) is 24.3 Å². The van der Waals surface area contributed by atoms with Gasteiger partial charge < -0.3 is 5.32 Å². The van der Waals surface area contributed by atoms with Crippen molar-refractivity contribution in [2.75, 3.05) is 7.05 Å². The molecule has 5 heteroatoms. The number of halogens is 2. The molecule has 0 saturated heterocycles. The summed E-state index contributed by atoms with van der Waals surface area (Å²) in [6.45, 7) is 0. The minimum atomic E-state index is -1.54. The summed E-state index contributed by atoms with van der Waals surface area (Å²) in [5, 5.41) is 2.91. The Balaban J connectivity index is 1.96. The molecular formula is C16H15F2NOS. The Labute approximate surface area is 124 Å². The highest BCUT2D eigenvalue weighted by Crippen LogP contribution is 2.36. The van der Waals surface area contributed by atoms with E-state index in [0.29, 0.717) is 6.42 Å². The molecule has 3 atom stereocenters. The topological polar surface area (TPSA) is 29.1 Å². The molecule has 0 spiro atoms. The van der Waals surface area contributed by atoms with E-state index in [1.54, 1.807) is 7.05 Å². The van der Waals surface area contributed by atoms with Crippen LogP contribution < -0.4 is 5.32 Å². The van der Waals surface area contributed by atoms with Crippen molar-refractivity contribution >= 4 is 10.8 Å². The Morgan fingerprint density at radius 2 is 1.95 bits per heavy atom. The molecule has 0 fully saturated rings. The fourth-order valence-corrected chi connectivity index (χ4v) is 4.54. The molecule has 0 radical (unpaired) electrons. The third-order valence-corrected chi connectivity index (χ3v) is 5.63. The summed E-state index contributed by atoms with van der Waals surface area (Å²) in [5.74, 6) is -1.41. The van der Waals surface area contributed by atoms with Crippen LogP contribution in [0.25, 0.3) is 0 Å². The second-order valence-electron chi connectivity index (χ2n) is 5.08. The van der Waals surface area contributed by atoms with Crippen LogP contribution >= 0.6 is 0 Å². The second kappa shape index (κ2) is 5.66. The summed E-state index contributed by atoms with van der Waals surface area (Å²) < 4.78 is 39.6. The van der Waals surface area contributed by atoms with Gasteiger partial charge in [-0.1, -0.05) is 24.3 Å². The van der Waals surface area contributed by atoms with Crippen LogP contribution in [0.2, 0.25) is 0 Å². The van der Waals surface area contributed by atoms with Gasteiger partial charge in [0.15, 0.2) is 0 Å². The minimum absolute atomic E-state index is 0.0643. The molecule has 2 aromatic rings. The summed E-state index contributed by atoms with van der Waals surface area (Å²) >= 11 is 0. The number of fused-ring (bicyclic) bond motifs is 1. The van der Waals surface area contributed by atoms with Gasteiger partial charge in [0.25, 0.3) is 0 Å². The maximum Gasteiger partial charge on any atom is 0.142 e. The van der Waals surface area contributed by atoms with Gasteiger partial charge in [-0.25, -0.2) is 8.78 Å². The van der Waals surface area contributed by atoms with Crippen molar-refractivity contribution in [2.45, 2.75) is 22.6 Å². The van der Waals surface area contributed by atoms with E-state index in [-0.39, 0.29) is 16.2 Å². The lowest BCUT2D eigenvalue weighted by atomic mass is 10.1. The van der Waals surface area contributed by atoms with Gasteiger partial charge in [-0.05, 0) is 36.7 Å². The molecule has 0 amide bonds. The van der Waals surface area contributed by atoms with Crippen LogP contribution in [0.4, 0.5) is 8.78 Å². The van der Waals surface area contributed by atoms with Crippen molar-refractivity contribution in [3.63, 3.8) is 0 Å². The van der Waals surface area contributed by atoms with E-state index in [2.05, 4.69) is 5.32 Å². The van der Waals surface area contributed by atoms with Gasteiger partial charge in [-0.15, -0.1) is 0 Å².